The first kappa shape index (κ1) is 20.9. The monoisotopic (exact) mass is 416 g/mol. The Balaban J connectivity index is 1.54. The number of H-pyrrole nitrogens is 1. The number of aromatic nitrogens is 3. The molecule has 0 aliphatic rings. The molecular weight excluding hydrogens is 388 g/mol. The summed E-state index contributed by atoms with van der Waals surface area (Å²) >= 11 is 0. The Kier molecular flexibility index (Phi) is 6.18. The summed E-state index contributed by atoms with van der Waals surface area (Å²) in [6, 6.07) is 19.9. The van der Waals surface area contributed by atoms with Crippen LogP contribution in [0, 0.1) is 6.92 Å². The number of aromatic amines is 1. The van der Waals surface area contributed by atoms with Crippen LogP contribution in [0.1, 0.15) is 30.7 Å². The van der Waals surface area contributed by atoms with Gasteiger partial charge in [-0.3, -0.25) is 14.8 Å². The Hall–Kier alpha value is -3.38. The summed E-state index contributed by atoms with van der Waals surface area (Å²) in [5.41, 5.74) is 5.61. The molecule has 0 amide bonds. The number of benzene rings is 2. The average molecular weight is 417 g/mol. The van der Waals surface area contributed by atoms with Crippen LogP contribution in [-0.2, 0) is 13.1 Å². The van der Waals surface area contributed by atoms with Gasteiger partial charge >= 0.3 is 0 Å². The molecule has 4 aromatic rings. The summed E-state index contributed by atoms with van der Waals surface area (Å²) < 4.78 is 7.02. The van der Waals surface area contributed by atoms with E-state index in [1.807, 2.05) is 37.3 Å². The highest BCUT2D eigenvalue weighted by atomic mass is 16.5. The molecule has 4 rings (SSSR count). The number of hydrogen-bond acceptors (Lipinski definition) is 4. The van der Waals surface area contributed by atoms with E-state index in [0.29, 0.717) is 18.8 Å². The minimum absolute atomic E-state index is 0.101. The maximum atomic E-state index is 12.7. The van der Waals surface area contributed by atoms with E-state index in [2.05, 4.69) is 48.1 Å². The lowest BCUT2D eigenvalue weighted by Crippen LogP contribution is -2.25. The number of ether oxygens (including phenoxy) is 1. The highest BCUT2D eigenvalue weighted by molar-refractivity contribution is 5.64. The van der Waals surface area contributed by atoms with Crippen molar-refractivity contribution < 1.29 is 4.74 Å². The van der Waals surface area contributed by atoms with Gasteiger partial charge in [0.1, 0.15) is 5.75 Å². The van der Waals surface area contributed by atoms with Gasteiger partial charge in [-0.1, -0.05) is 48.9 Å². The molecule has 0 aliphatic carbocycles. The maximum absolute atomic E-state index is 12.7. The Morgan fingerprint density at radius 1 is 1.00 bits per heavy atom. The summed E-state index contributed by atoms with van der Waals surface area (Å²) in [5, 5.41) is 3.17. The molecule has 0 atom stereocenters. The molecule has 2 aromatic heterocycles. The number of nitrogens with zero attached hydrogens (tertiary/aromatic N) is 3. The van der Waals surface area contributed by atoms with Gasteiger partial charge in [-0.15, -0.1) is 0 Å². The molecule has 0 saturated carbocycles. The molecule has 160 valence electrons. The van der Waals surface area contributed by atoms with Crippen molar-refractivity contribution in [2.75, 3.05) is 13.2 Å². The van der Waals surface area contributed by atoms with Crippen molar-refractivity contribution >= 4 is 5.65 Å². The zero-order valence-electron chi connectivity index (χ0n) is 18.3. The second-order valence-electron chi connectivity index (χ2n) is 7.70. The summed E-state index contributed by atoms with van der Waals surface area (Å²) in [6.07, 6.45) is 0. The third-order valence-corrected chi connectivity index (χ3v) is 5.34. The number of aryl methyl sites for hydroxylation is 1. The lowest BCUT2D eigenvalue weighted by molar-refractivity contribution is 0.268. The Morgan fingerprint density at radius 2 is 1.74 bits per heavy atom. The fourth-order valence-corrected chi connectivity index (χ4v) is 3.63. The van der Waals surface area contributed by atoms with Crippen LogP contribution in [-0.4, -0.2) is 32.6 Å². The van der Waals surface area contributed by atoms with E-state index in [-0.39, 0.29) is 5.56 Å². The SMILES string of the molecule is CCOc1ccc(CN(CC)Cc2cc(=O)n3[nH]c(-c4ccc(C)cc4)cc3n2)cc1. The van der Waals surface area contributed by atoms with E-state index in [9.17, 15) is 4.79 Å². The molecular formula is C25H28N4O2. The number of fused-ring (bicyclic) bond motifs is 1. The van der Waals surface area contributed by atoms with Crippen molar-refractivity contribution in [2.45, 2.75) is 33.9 Å². The van der Waals surface area contributed by atoms with Gasteiger partial charge in [0.05, 0.1) is 18.0 Å². The maximum Gasteiger partial charge on any atom is 0.272 e. The molecule has 0 aliphatic heterocycles. The number of hydrogen-bond donors (Lipinski definition) is 1. The average Bonchev–Trinajstić information content (AvgIpc) is 3.20. The van der Waals surface area contributed by atoms with Gasteiger partial charge in [0.2, 0.25) is 0 Å². The van der Waals surface area contributed by atoms with Gasteiger partial charge in [0, 0.05) is 25.2 Å². The Labute approximate surface area is 182 Å². The molecule has 0 fully saturated rings. The summed E-state index contributed by atoms with van der Waals surface area (Å²) in [7, 11) is 0. The fourth-order valence-electron chi connectivity index (χ4n) is 3.63. The molecule has 1 N–H and O–H groups in total. The number of rotatable bonds is 8. The zero-order chi connectivity index (χ0) is 21.8. The van der Waals surface area contributed by atoms with E-state index in [0.717, 1.165) is 35.8 Å². The Bertz CT molecular complexity index is 1210. The predicted octanol–water partition coefficient (Wildman–Crippen LogP) is 4.42. The van der Waals surface area contributed by atoms with Crippen molar-refractivity contribution in [1.82, 2.24) is 19.5 Å². The molecule has 0 bridgehead atoms. The van der Waals surface area contributed by atoms with Gasteiger partial charge in [-0.2, -0.15) is 0 Å². The van der Waals surface area contributed by atoms with E-state index in [4.69, 9.17) is 9.72 Å². The van der Waals surface area contributed by atoms with E-state index < -0.39 is 0 Å². The van der Waals surface area contributed by atoms with Crippen LogP contribution in [0.15, 0.2) is 65.5 Å². The highest BCUT2D eigenvalue weighted by Crippen LogP contribution is 2.19. The van der Waals surface area contributed by atoms with Crippen LogP contribution in [0.5, 0.6) is 5.75 Å². The second kappa shape index (κ2) is 9.18. The lowest BCUT2D eigenvalue weighted by atomic mass is 10.1. The topological polar surface area (TPSA) is 62.6 Å². The molecule has 6 heteroatoms. The van der Waals surface area contributed by atoms with Gasteiger partial charge in [0.15, 0.2) is 5.65 Å². The van der Waals surface area contributed by atoms with Crippen LogP contribution in [0.3, 0.4) is 0 Å². The van der Waals surface area contributed by atoms with Gasteiger partial charge < -0.3 is 4.74 Å². The third-order valence-electron chi connectivity index (χ3n) is 5.34. The highest BCUT2D eigenvalue weighted by Gasteiger charge is 2.11. The molecule has 2 heterocycles. The Morgan fingerprint density at radius 3 is 2.42 bits per heavy atom. The van der Waals surface area contributed by atoms with Gasteiger partial charge in [-0.25, -0.2) is 9.50 Å². The molecule has 0 saturated heterocycles. The van der Waals surface area contributed by atoms with Crippen molar-refractivity contribution in [3.63, 3.8) is 0 Å². The zero-order valence-corrected chi connectivity index (χ0v) is 18.3. The van der Waals surface area contributed by atoms with Gasteiger partial charge in [-0.05, 0) is 43.7 Å². The molecule has 0 spiro atoms. The summed E-state index contributed by atoms with van der Waals surface area (Å²) in [4.78, 5) is 19.7. The molecule has 0 radical (unpaired) electrons. The van der Waals surface area contributed by atoms with E-state index in [1.54, 1.807) is 6.07 Å². The van der Waals surface area contributed by atoms with Crippen molar-refractivity contribution in [2.24, 2.45) is 0 Å². The smallest absolute Gasteiger partial charge is 0.272 e. The van der Waals surface area contributed by atoms with Gasteiger partial charge in [0.25, 0.3) is 5.56 Å². The predicted molar refractivity (Wildman–Crippen MR) is 123 cm³/mol. The normalized spacial score (nSPS) is 11.4. The minimum atomic E-state index is -0.101. The van der Waals surface area contributed by atoms with Crippen LogP contribution in [0.2, 0.25) is 0 Å². The van der Waals surface area contributed by atoms with Crippen LogP contribution < -0.4 is 10.3 Å². The second-order valence-corrected chi connectivity index (χ2v) is 7.70. The molecule has 31 heavy (non-hydrogen) atoms. The molecule has 2 aromatic carbocycles. The molecule has 6 nitrogen and oxygen atoms in total. The lowest BCUT2D eigenvalue weighted by Gasteiger charge is -2.20. The van der Waals surface area contributed by atoms with Crippen molar-refractivity contribution in [1.29, 1.82) is 0 Å². The molecule has 0 unspecified atom stereocenters. The summed E-state index contributed by atoms with van der Waals surface area (Å²) in [5.74, 6) is 0.881. The largest absolute Gasteiger partial charge is 0.494 e. The first-order valence-electron chi connectivity index (χ1n) is 10.7. The van der Waals surface area contributed by atoms with Crippen molar-refractivity contribution in [3.05, 3.63) is 87.8 Å². The van der Waals surface area contributed by atoms with Crippen LogP contribution >= 0.6 is 0 Å². The quantitative estimate of drug-likeness (QED) is 0.462. The standard InChI is InChI=1S/C25H28N4O2/c1-4-28(16-19-8-12-22(13-9-19)31-5-2)17-21-14-25(30)29-24(26-21)15-23(27-29)20-10-6-18(3)7-11-20/h6-15,27H,4-5,16-17H2,1-3H3. The minimum Gasteiger partial charge on any atom is -0.494 e. The van der Waals surface area contributed by atoms with Crippen LogP contribution in [0.25, 0.3) is 16.9 Å². The fraction of sp³-hybridized carbons (Fsp3) is 0.280. The third kappa shape index (κ3) is 4.86. The first-order valence-corrected chi connectivity index (χ1v) is 10.7. The van der Waals surface area contributed by atoms with E-state index in [1.165, 1.54) is 15.6 Å². The van der Waals surface area contributed by atoms with Crippen molar-refractivity contribution in [3.8, 4) is 17.0 Å². The number of nitrogens with one attached hydrogen (secondary N) is 1. The first-order chi connectivity index (χ1) is 15.1. The van der Waals surface area contributed by atoms with Crippen LogP contribution in [0.4, 0.5) is 0 Å². The summed E-state index contributed by atoms with van der Waals surface area (Å²) in [6.45, 7) is 9.07. The van der Waals surface area contributed by atoms with E-state index >= 15 is 0 Å².